The smallest absolute Gasteiger partial charge is 0.253 e. The molecule has 0 amide bonds. The quantitative estimate of drug-likeness (QED) is 0.711. The minimum Gasteiger partial charge on any atom is -0.326 e. The standard InChI is InChI=1S/C20H22FN3O/c1-4-6-15-7-5-8-16(18(15)21)13-24-10-9-22-19(24)17-11-14(2)20(25)23(3)12-17/h5,7-12H,4,6,13H2,1-3H3. The lowest BCUT2D eigenvalue weighted by molar-refractivity contribution is 0.582. The van der Waals surface area contributed by atoms with Crippen molar-refractivity contribution < 1.29 is 4.39 Å². The van der Waals surface area contributed by atoms with Gasteiger partial charge in [-0.3, -0.25) is 4.79 Å². The number of hydrogen-bond donors (Lipinski definition) is 0. The highest BCUT2D eigenvalue weighted by Crippen LogP contribution is 2.21. The molecule has 3 aromatic rings. The summed E-state index contributed by atoms with van der Waals surface area (Å²) in [5.41, 5.74) is 2.87. The molecule has 0 radical (unpaired) electrons. The Hall–Kier alpha value is -2.69. The molecule has 0 bridgehead atoms. The molecule has 2 heterocycles. The number of pyridine rings is 1. The van der Waals surface area contributed by atoms with E-state index in [0.29, 0.717) is 17.7 Å². The van der Waals surface area contributed by atoms with Crippen LogP contribution in [0.3, 0.4) is 0 Å². The molecular formula is C20H22FN3O. The van der Waals surface area contributed by atoms with Crippen LogP contribution in [0.4, 0.5) is 4.39 Å². The van der Waals surface area contributed by atoms with Gasteiger partial charge >= 0.3 is 0 Å². The van der Waals surface area contributed by atoms with Gasteiger partial charge in [0.1, 0.15) is 11.6 Å². The van der Waals surface area contributed by atoms with Crippen molar-refractivity contribution >= 4 is 0 Å². The van der Waals surface area contributed by atoms with E-state index in [2.05, 4.69) is 4.98 Å². The Labute approximate surface area is 146 Å². The summed E-state index contributed by atoms with van der Waals surface area (Å²) < 4.78 is 18.1. The minimum absolute atomic E-state index is 0.0276. The summed E-state index contributed by atoms with van der Waals surface area (Å²) >= 11 is 0. The maximum Gasteiger partial charge on any atom is 0.253 e. The summed E-state index contributed by atoms with van der Waals surface area (Å²) in [4.78, 5) is 16.3. The normalized spacial score (nSPS) is 11.0. The van der Waals surface area contributed by atoms with Crippen molar-refractivity contribution in [2.45, 2.75) is 33.2 Å². The van der Waals surface area contributed by atoms with Crippen molar-refractivity contribution in [1.29, 1.82) is 0 Å². The van der Waals surface area contributed by atoms with Crippen LogP contribution in [0.2, 0.25) is 0 Å². The number of aryl methyl sites for hydroxylation is 3. The summed E-state index contributed by atoms with van der Waals surface area (Å²) in [6, 6.07) is 7.37. The molecule has 0 N–H and O–H groups in total. The highest BCUT2D eigenvalue weighted by Gasteiger charge is 2.12. The number of aromatic nitrogens is 3. The van der Waals surface area contributed by atoms with Gasteiger partial charge in [0.2, 0.25) is 0 Å². The van der Waals surface area contributed by atoms with Gasteiger partial charge in [0.25, 0.3) is 5.56 Å². The Morgan fingerprint density at radius 2 is 2.00 bits per heavy atom. The fraction of sp³-hybridized carbons (Fsp3) is 0.300. The number of hydrogen-bond acceptors (Lipinski definition) is 2. The molecule has 0 atom stereocenters. The van der Waals surface area contributed by atoms with Gasteiger partial charge in [-0.25, -0.2) is 9.37 Å². The maximum atomic E-state index is 14.7. The topological polar surface area (TPSA) is 39.8 Å². The predicted octanol–water partition coefficient (Wildman–Crippen LogP) is 3.70. The zero-order valence-corrected chi connectivity index (χ0v) is 14.8. The van der Waals surface area contributed by atoms with Crippen LogP contribution >= 0.6 is 0 Å². The fourth-order valence-electron chi connectivity index (χ4n) is 3.10. The average molecular weight is 339 g/mol. The molecule has 0 aliphatic rings. The molecule has 0 fully saturated rings. The third-order valence-corrected chi connectivity index (χ3v) is 4.35. The third-order valence-electron chi connectivity index (χ3n) is 4.35. The zero-order valence-electron chi connectivity index (χ0n) is 14.8. The van der Waals surface area contributed by atoms with Gasteiger partial charge in [-0.15, -0.1) is 0 Å². The van der Waals surface area contributed by atoms with Crippen molar-refractivity contribution in [2.75, 3.05) is 0 Å². The number of benzene rings is 1. The van der Waals surface area contributed by atoms with Crippen LogP contribution in [0.25, 0.3) is 11.4 Å². The van der Waals surface area contributed by atoms with Crippen molar-refractivity contribution in [3.8, 4) is 11.4 Å². The molecule has 0 saturated carbocycles. The van der Waals surface area contributed by atoms with Crippen molar-refractivity contribution in [3.63, 3.8) is 0 Å². The number of rotatable bonds is 5. The summed E-state index contributed by atoms with van der Waals surface area (Å²) in [7, 11) is 1.72. The summed E-state index contributed by atoms with van der Waals surface area (Å²) in [6.07, 6.45) is 6.94. The maximum absolute atomic E-state index is 14.7. The van der Waals surface area contributed by atoms with Crippen molar-refractivity contribution in [3.05, 3.63) is 75.7 Å². The fourth-order valence-corrected chi connectivity index (χ4v) is 3.10. The zero-order chi connectivity index (χ0) is 18.0. The monoisotopic (exact) mass is 339 g/mol. The second-order valence-electron chi connectivity index (χ2n) is 6.35. The van der Waals surface area contributed by atoms with Crippen LogP contribution in [-0.4, -0.2) is 14.1 Å². The van der Waals surface area contributed by atoms with E-state index in [1.54, 1.807) is 30.9 Å². The third kappa shape index (κ3) is 3.40. The van der Waals surface area contributed by atoms with E-state index in [9.17, 15) is 9.18 Å². The molecule has 0 saturated heterocycles. The van der Waals surface area contributed by atoms with E-state index >= 15 is 0 Å². The van der Waals surface area contributed by atoms with Crippen LogP contribution < -0.4 is 5.56 Å². The second-order valence-corrected chi connectivity index (χ2v) is 6.35. The molecule has 0 unspecified atom stereocenters. The van der Waals surface area contributed by atoms with Gasteiger partial charge in [0, 0.05) is 42.3 Å². The first-order valence-corrected chi connectivity index (χ1v) is 8.46. The van der Waals surface area contributed by atoms with E-state index in [1.807, 2.05) is 42.0 Å². The molecule has 1 aromatic carbocycles. The molecule has 4 nitrogen and oxygen atoms in total. The number of halogens is 1. The molecule has 130 valence electrons. The first-order valence-electron chi connectivity index (χ1n) is 8.46. The number of imidazole rings is 1. The lowest BCUT2D eigenvalue weighted by Crippen LogP contribution is -2.18. The molecule has 25 heavy (non-hydrogen) atoms. The van der Waals surface area contributed by atoms with E-state index in [1.165, 1.54) is 0 Å². The molecule has 0 aliphatic heterocycles. The summed E-state index contributed by atoms with van der Waals surface area (Å²) in [6.45, 7) is 4.23. The average Bonchev–Trinajstić information content (AvgIpc) is 3.04. The molecular weight excluding hydrogens is 317 g/mol. The van der Waals surface area contributed by atoms with Crippen LogP contribution in [0.5, 0.6) is 0 Å². The van der Waals surface area contributed by atoms with Crippen molar-refractivity contribution in [2.24, 2.45) is 7.05 Å². The molecule has 0 spiro atoms. The highest BCUT2D eigenvalue weighted by molar-refractivity contribution is 5.55. The molecule has 2 aromatic heterocycles. The minimum atomic E-state index is -0.138. The Morgan fingerprint density at radius 3 is 2.72 bits per heavy atom. The van der Waals surface area contributed by atoms with Gasteiger partial charge in [-0.2, -0.15) is 0 Å². The van der Waals surface area contributed by atoms with E-state index in [0.717, 1.165) is 29.8 Å². The number of nitrogens with zero attached hydrogens (tertiary/aromatic N) is 3. The predicted molar refractivity (Wildman–Crippen MR) is 97.1 cm³/mol. The van der Waals surface area contributed by atoms with Crippen LogP contribution in [-0.2, 0) is 20.0 Å². The van der Waals surface area contributed by atoms with Crippen LogP contribution in [0.1, 0.15) is 30.0 Å². The van der Waals surface area contributed by atoms with Crippen LogP contribution in [0, 0.1) is 12.7 Å². The van der Waals surface area contributed by atoms with E-state index in [4.69, 9.17) is 0 Å². The Balaban J connectivity index is 1.99. The lowest BCUT2D eigenvalue weighted by atomic mass is 10.1. The first kappa shape index (κ1) is 17.1. The SMILES string of the molecule is CCCc1cccc(Cn2ccnc2-c2cc(C)c(=O)n(C)c2)c1F. The molecule has 0 aliphatic carbocycles. The lowest BCUT2D eigenvalue weighted by Gasteiger charge is -2.12. The molecule has 5 heteroatoms. The van der Waals surface area contributed by atoms with Gasteiger partial charge in [0.15, 0.2) is 0 Å². The first-order chi connectivity index (χ1) is 12.0. The van der Waals surface area contributed by atoms with Gasteiger partial charge in [-0.1, -0.05) is 31.5 Å². The van der Waals surface area contributed by atoms with E-state index in [-0.39, 0.29) is 11.4 Å². The largest absolute Gasteiger partial charge is 0.326 e. The van der Waals surface area contributed by atoms with Crippen LogP contribution in [0.15, 0.2) is 47.7 Å². The highest BCUT2D eigenvalue weighted by atomic mass is 19.1. The van der Waals surface area contributed by atoms with E-state index < -0.39 is 0 Å². The second kappa shape index (κ2) is 7.05. The Morgan fingerprint density at radius 1 is 1.24 bits per heavy atom. The van der Waals surface area contributed by atoms with Gasteiger partial charge in [0.05, 0.1) is 6.54 Å². The Bertz CT molecular complexity index is 930. The Kier molecular flexibility index (Phi) is 4.83. The summed E-state index contributed by atoms with van der Waals surface area (Å²) in [5, 5.41) is 0. The summed E-state index contributed by atoms with van der Waals surface area (Å²) in [5.74, 6) is 0.583. The van der Waals surface area contributed by atoms with Gasteiger partial charge in [-0.05, 0) is 25.0 Å². The van der Waals surface area contributed by atoms with Crippen molar-refractivity contribution in [1.82, 2.24) is 14.1 Å². The van der Waals surface area contributed by atoms with Gasteiger partial charge < -0.3 is 9.13 Å². The molecule has 3 rings (SSSR count).